The van der Waals surface area contributed by atoms with Crippen LogP contribution in [0.25, 0.3) is 0 Å². The molecule has 0 aliphatic rings. The zero-order valence-electron chi connectivity index (χ0n) is 11.2. The molecule has 2 heteroatoms. The van der Waals surface area contributed by atoms with Gasteiger partial charge in [-0.3, -0.25) is 0 Å². The van der Waals surface area contributed by atoms with Gasteiger partial charge >= 0.3 is 0 Å². The highest BCUT2D eigenvalue weighted by atomic mass is 19.1. The van der Waals surface area contributed by atoms with E-state index in [1.165, 1.54) is 18.9 Å². The van der Waals surface area contributed by atoms with Crippen LogP contribution in [-0.2, 0) is 6.42 Å². The molecule has 0 radical (unpaired) electrons. The second-order valence-electron chi connectivity index (χ2n) is 5.14. The van der Waals surface area contributed by atoms with Crippen LogP contribution in [0.15, 0.2) is 24.3 Å². The van der Waals surface area contributed by atoms with Crippen molar-refractivity contribution < 1.29 is 4.39 Å². The fraction of sp³-hybridized carbons (Fsp3) is 0.600. The fourth-order valence-electron chi connectivity index (χ4n) is 2.07. The zero-order chi connectivity index (χ0) is 12.7. The summed E-state index contributed by atoms with van der Waals surface area (Å²) >= 11 is 0. The molecule has 0 bridgehead atoms. The molecule has 0 aliphatic carbocycles. The van der Waals surface area contributed by atoms with Crippen molar-refractivity contribution in [2.45, 2.75) is 45.6 Å². The third-order valence-corrected chi connectivity index (χ3v) is 3.11. The smallest absolute Gasteiger partial charge is 0.123 e. The molecule has 1 nitrogen and oxygen atoms in total. The number of rotatable bonds is 7. The van der Waals surface area contributed by atoms with Gasteiger partial charge in [0, 0.05) is 6.04 Å². The van der Waals surface area contributed by atoms with E-state index in [1.807, 2.05) is 13.1 Å². The van der Waals surface area contributed by atoms with E-state index < -0.39 is 0 Å². The second kappa shape index (κ2) is 7.44. The molecule has 0 saturated heterocycles. The van der Waals surface area contributed by atoms with Crippen molar-refractivity contribution in [2.75, 3.05) is 7.05 Å². The van der Waals surface area contributed by atoms with Crippen LogP contribution in [0.2, 0.25) is 0 Å². The Morgan fingerprint density at radius 3 is 2.59 bits per heavy atom. The molecule has 1 N–H and O–H groups in total. The highest BCUT2D eigenvalue weighted by Gasteiger charge is 2.08. The average molecular weight is 237 g/mol. The molecular formula is C15H24FN. The Kier molecular flexibility index (Phi) is 6.20. The topological polar surface area (TPSA) is 12.0 Å². The lowest BCUT2D eigenvalue weighted by Crippen LogP contribution is -2.27. The Hall–Kier alpha value is -0.890. The SMILES string of the molecule is CNC(CCCC(C)C)Cc1cccc(F)c1. The van der Waals surface area contributed by atoms with Gasteiger partial charge in [0.05, 0.1) is 0 Å². The third kappa shape index (κ3) is 5.83. The van der Waals surface area contributed by atoms with E-state index >= 15 is 0 Å². The zero-order valence-corrected chi connectivity index (χ0v) is 11.2. The van der Waals surface area contributed by atoms with Crippen molar-refractivity contribution in [2.24, 2.45) is 5.92 Å². The highest BCUT2D eigenvalue weighted by Crippen LogP contribution is 2.12. The van der Waals surface area contributed by atoms with Crippen molar-refractivity contribution in [1.82, 2.24) is 5.32 Å². The van der Waals surface area contributed by atoms with Crippen molar-refractivity contribution >= 4 is 0 Å². The summed E-state index contributed by atoms with van der Waals surface area (Å²) in [5.74, 6) is 0.626. The first-order valence-corrected chi connectivity index (χ1v) is 6.53. The van der Waals surface area contributed by atoms with Crippen LogP contribution in [0.3, 0.4) is 0 Å². The summed E-state index contributed by atoms with van der Waals surface area (Å²) in [5.41, 5.74) is 1.08. The summed E-state index contributed by atoms with van der Waals surface area (Å²) in [4.78, 5) is 0. The Morgan fingerprint density at radius 1 is 1.24 bits per heavy atom. The van der Waals surface area contributed by atoms with Gasteiger partial charge in [0.25, 0.3) is 0 Å². The Morgan fingerprint density at radius 2 is 2.00 bits per heavy atom. The maximum atomic E-state index is 13.1. The molecule has 0 aromatic heterocycles. The number of halogens is 1. The lowest BCUT2D eigenvalue weighted by Gasteiger charge is -2.16. The molecule has 96 valence electrons. The van der Waals surface area contributed by atoms with Gasteiger partial charge in [0.2, 0.25) is 0 Å². The predicted octanol–water partition coefficient (Wildman–Crippen LogP) is 3.78. The molecule has 0 aliphatic heterocycles. The van der Waals surface area contributed by atoms with Gasteiger partial charge in [-0.05, 0) is 43.5 Å². The van der Waals surface area contributed by atoms with E-state index in [4.69, 9.17) is 0 Å². The number of benzene rings is 1. The molecular weight excluding hydrogens is 213 g/mol. The molecule has 0 fully saturated rings. The van der Waals surface area contributed by atoms with Gasteiger partial charge in [-0.2, -0.15) is 0 Å². The lowest BCUT2D eigenvalue weighted by atomic mass is 9.98. The first kappa shape index (κ1) is 14.2. The summed E-state index contributed by atoms with van der Waals surface area (Å²) in [5, 5.41) is 3.32. The minimum absolute atomic E-state index is 0.139. The van der Waals surface area contributed by atoms with E-state index in [2.05, 4.69) is 19.2 Å². The molecule has 1 unspecified atom stereocenters. The lowest BCUT2D eigenvalue weighted by molar-refractivity contribution is 0.457. The maximum absolute atomic E-state index is 13.1. The second-order valence-corrected chi connectivity index (χ2v) is 5.14. The quantitative estimate of drug-likeness (QED) is 0.761. The average Bonchev–Trinajstić information content (AvgIpc) is 2.27. The largest absolute Gasteiger partial charge is 0.317 e. The predicted molar refractivity (Wildman–Crippen MR) is 71.6 cm³/mol. The van der Waals surface area contributed by atoms with E-state index in [0.717, 1.165) is 24.3 Å². The molecule has 1 aromatic carbocycles. The first-order valence-electron chi connectivity index (χ1n) is 6.53. The number of likely N-dealkylation sites (N-methyl/N-ethyl adjacent to an activating group) is 1. The normalized spacial score (nSPS) is 13.0. The van der Waals surface area contributed by atoms with Gasteiger partial charge in [0.15, 0.2) is 0 Å². The first-order chi connectivity index (χ1) is 8.11. The summed E-state index contributed by atoms with van der Waals surface area (Å²) < 4.78 is 13.1. The highest BCUT2D eigenvalue weighted by molar-refractivity contribution is 5.17. The van der Waals surface area contributed by atoms with Crippen LogP contribution in [-0.4, -0.2) is 13.1 Å². The Bertz CT molecular complexity index is 322. The van der Waals surface area contributed by atoms with Crippen LogP contribution in [0.1, 0.15) is 38.7 Å². The maximum Gasteiger partial charge on any atom is 0.123 e. The van der Waals surface area contributed by atoms with Crippen molar-refractivity contribution in [3.05, 3.63) is 35.6 Å². The van der Waals surface area contributed by atoms with E-state index in [9.17, 15) is 4.39 Å². The third-order valence-electron chi connectivity index (χ3n) is 3.11. The molecule has 0 heterocycles. The van der Waals surface area contributed by atoms with Crippen molar-refractivity contribution in [3.63, 3.8) is 0 Å². The molecule has 1 aromatic rings. The van der Waals surface area contributed by atoms with Crippen LogP contribution in [0.4, 0.5) is 4.39 Å². The Labute approximate surface area is 104 Å². The molecule has 0 saturated carbocycles. The minimum atomic E-state index is -0.139. The van der Waals surface area contributed by atoms with Crippen LogP contribution in [0.5, 0.6) is 0 Å². The van der Waals surface area contributed by atoms with Crippen LogP contribution < -0.4 is 5.32 Å². The monoisotopic (exact) mass is 237 g/mol. The van der Waals surface area contributed by atoms with Gasteiger partial charge in [0.1, 0.15) is 5.82 Å². The Balaban J connectivity index is 2.41. The summed E-state index contributed by atoms with van der Waals surface area (Å²) in [6.45, 7) is 4.50. The van der Waals surface area contributed by atoms with Crippen molar-refractivity contribution in [3.8, 4) is 0 Å². The van der Waals surface area contributed by atoms with Crippen LogP contribution >= 0.6 is 0 Å². The summed E-state index contributed by atoms with van der Waals surface area (Å²) in [7, 11) is 1.99. The molecule has 0 amide bonds. The van der Waals surface area contributed by atoms with Gasteiger partial charge in [-0.15, -0.1) is 0 Å². The molecule has 17 heavy (non-hydrogen) atoms. The number of hydrogen-bond donors (Lipinski definition) is 1. The molecule has 0 spiro atoms. The standard InChI is InChI=1S/C15H24FN/c1-12(2)6-4-9-15(17-3)11-13-7-5-8-14(16)10-13/h5,7-8,10,12,15,17H,4,6,9,11H2,1-3H3. The van der Waals surface area contributed by atoms with Gasteiger partial charge in [-0.25, -0.2) is 4.39 Å². The fourth-order valence-corrected chi connectivity index (χ4v) is 2.07. The summed E-state index contributed by atoms with van der Waals surface area (Å²) in [6.07, 6.45) is 4.57. The molecule has 1 rings (SSSR count). The van der Waals surface area contributed by atoms with Gasteiger partial charge in [-0.1, -0.05) is 38.8 Å². The number of hydrogen-bond acceptors (Lipinski definition) is 1. The summed E-state index contributed by atoms with van der Waals surface area (Å²) in [6, 6.07) is 7.36. The van der Waals surface area contributed by atoms with Crippen molar-refractivity contribution in [1.29, 1.82) is 0 Å². The van der Waals surface area contributed by atoms with E-state index in [1.54, 1.807) is 12.1 Å². The number of nitrogens with one attached hydrogen (secondary N) is 1. The van der Waals surface area contributed by atoms with E-state index in [-0.39, 0.29) is 5.82 Å². The molecule has 1 atom stereocenters. The van der Waals surface area contributed by atoms with Gasteiger partial charge < -0.3 is 5.32 Å². The minimum Gasteiger partial charge on any atom is -0.317 e. The van der Waals surface area contributed by atoms with Crippen LogP contribution in [0, 0.1) is 11.7 Å². The van der Waals surface area contributed by atoms with E-state index in [0.29, 0.717) is 6.04 Å².